The lowest BCUT2D eigenvalue weighted by atomic mass is 9.98. The summed E-state index contributed by atoms with van der Waals surface area (Å²) in [5, 5.41) is 9.58. The van der Waals surface area contributed by atoms with Crippen LogP contribution in [0.3, 0.4) is 0 Å². The molecule has 10 nitrogen and oxygen atoms in total. The predicted molar refractivity (Wildman–Crippen MR) is 162 cm³/mol. The molecule has 2 aromatic rings. The summed E-state index contributed by atoms with van der Waals surface area (Å²) < 4.78 is 0. The van der Waals surface area contributed by atoms with Crippen LogP contribution >= 0.6 is 0 Å². The van der Waals surface area contributed by atoms with Gasteiger partial charge in [-0.3, -0.25) is 24.0 Å². The van der Waals surface area contributed by atoms with Crippen LogP contribution in [0.15, 0.2) is 30.5 Å². The number of nitrogens with one attached hydrogen (secondary N) is 4. The summed E-state index contributed by atoms with van der Waals surface area (Å²) in [6, 6.07) is 4.73. The Morgan fingerprint density at radius 1 is 1.00 bits per heavy atom. The molecule has 4 atom stereocenters. The molecule has 42 heavy (non-hydrogen) atoms. The summed E-state index contributed by atoms with van der Waals surface area (Å²) in [6.45, 7) is 7.46. The van der Waals surface area contributed by atoms with E-state index in [2.05, 4.69) is 20.9 Å². The molecular formula is C32H47N5O5. The molecule has 1 aromatic carbocycles. The monoisotopic (exact) mass is 581 g/mol. The Kier molecular flexibility index (Phi) is 12.1. The van der Waals surface area contributed by atoms with Gasteiger partial charge in [0.1, 0.15) is 23.9 Å². The highest BCUT2D eigenvalue weighted by molar-refractivity contribution is 5.95. The second-order valence-corrected chi connectivity index (χ2v) is 11.9. The summed E-state index contributed by atoms with van der Waals surface area (Å²) in [6.07, 6.45) is 6.14. The van der Waals surface area contributed by atoms with Crippen molar-refractivity contribution in [3.63, 3.8) is 0 Å². The number of unbranched alkanes of at least 4 members (excludes halogenated alkanes) is 2. The quantitative estimate of drug-likeness (QED) is 0.301. The second kappa shape index (κ2) is 15.5. The first kappa shape index (κ1) is 32.8. The molecular weight excluding hydrogens is 534 g/mol. The van der Waals surface area contributed by atoms with Gasteiger partial charge in [0.15, 0.2) is 0 Å². The number of nitrogens with zero attached hydrogens (tertiary/aromatic N) is 1. The third kappa shape index (κ3) is 9.16. The normalized spacial score (nSPS) is 22.7. The lowest BCUT2D eigenvalue weighted by molar-refractivity contribution is -0.142. The first-order chi connectivity index (χ1) is 20.0. The zero-order valence-corrected chi connectivity index (χ0v) is 25.6. The zero-order valence-electron chi connectivity index (χ0n) is 25.6. The average Bonchev–Trinajstić information content (AvgIpc) is 3.35. The summed E-state index contributed by atoms with van der Waals surface area (Å²) in [5.41, 5.74) is 1.82. The Hall–Kier alpha value is -3.69. The van der Waals surface area contributed by atoms with Crippen molar-refractivity contribution in [2.75, 3.05) is 7.05 Å². The van der Waals surface area contributed by atoms with Crippen molar-refractivity contribution in [3.8, 4) is 0 Å². The molecule has 0 saturated carbocycles. The molecule has 230 valence electrons. The van der Waals surface area contributed by atoms with Crippen molar-refractivity contribution in [1.82, 2.24) is 25.8 Å². The molecule has 1 aliphatic rings. The van der Waals surface area contributed by atoms with E-state index < -0.39 is 30.1 Å². The lowest BCUT2D eigenvalue weighted by Gasteiger charge is -2.32. The highest BCUT2D eigenvalue weighted by atomic mass is 16.2. The van der Waals surface area contributed by atoms with Gasteiger partial charge in [-0.05, 0) is 43.7 Å². The third-order valence-corrected chi connectivity index (χ3v) is 7.97. The van der Waals surface area contributed by atoms with Gasteiger partial charge in [0.2, 0.25) is 23.6 Å². The van der Waals surface area contributed by atoms with Crippen molar-refractivity contribution in [1.29, 1.82) is 0 Å². The third-order valence-electron chi connectivity index (χ3n) is 7.97. The van der Waals surface area contributed by atoms with Gasteiger partial charge in [0.25, 0.3) is 0 Å². The average molecular weight is 582 g/mol. The summed E-state index contributed by atoms with van der Waals surface area (Å²) in [4.78, 5) is 70.3. The molecule has 1 saturated heterocycles. The van der Waals surface area contributed by atoms with Gasteiger partial charge in [-0.2, -0.15) is 0 Å². The van der Waals surface area contributed by atoms with E-state index in [4.69, 9.17) is 0 Å². The molecule has 0 radical (unpaired) electrons. The van der Waals surface area contributed by atoms with Gasteiger partial charge in [-0.25, -0.2) is 0 Å². The molecule has 0 unspecified atom stereocenters. The van der Waals surface area contributed by atoms with E-state index in [1.165, 1.54) is 4.90 Å². The molecule has 0 spiro atoms. The number of hydrogen-bond donors (Lipinski definition) is 4. The van der Waals surface area contributed by atoms with E-state index in [1.54, 1.807) is 14.0 Å². The Labute approximate surface area is 248 Å². The topological polar surface area (TPSA) is 140 Å². The van der Waals surface area contributed by atoms with Gasteiger partial charge >= 0.3 is 0 Å². The maximum Gasteiger partial charge on any atom is 0.245 e. The Balaban J connectivity index is 1.92. The molecule has 1 aliphatic heterocycles. The van der Waals surface area contributed by atoms with Gasteiger partial charge in [0.05, 0.1) is 0 Å². The first-order valence-electron chi connectivity index (χ1n) is 15.2. The van der Waals surface area contributed by atoms with E-state index in [0.29, 0.717) is 38.5 Å². The number of para-hydroxylation sites is 1. The molecule has 2 heterocycles. The van der Waals surface area contributed by atoms with Crippen LogP contribution in [0.4, 0.5) is 0 Å². The van der Waals surface area contributed by atoms with Crippen molar-refractivity contribution in [3.05, 3.63) is 36.0 Å². The minimum absolute atomic E-state index is 0.0267. The van der Waals surface area contributed by atoms with Crippen LogP contribution in [0.5, 0.6) is 0 Å². The van der Waals surface area contributed by atoms with Gasteiger partial charge in [-0.1, -0.05) is 51.8 Å². The standard InChI is InChI=1S/C32H47N5O5/c1-6-24(38)12-8-7-9-15-27-32(42)37(5)28(17-22-19-33-26-14-11-10-13-25(22)26)31(41)35-23(16-20(2)3)18-29(39)34-21(4)30(40)36-27/h10-11,13-14,19-21,23,27-28,33H,6-9,12,15-18H2,1-5H3,(H,34,39)(H,35,41)(H,36,40)/t21-,23-,27-,28-/m0/s1. The SMILES string of the molecule is CCC(=O)CCCCC[C@@H]1NC(=O)[C@H](C)NC(=O)C[C@H](CC(C)C)NC(=O)[C@H](Cc2c[nH]c3ccccc23)N(C)C1=O. The van der Waals surface area contributed by atoms with Crippen molar-refractivity contribution in [2.45, 2.75) is 110 Å². The number of rotatable bonds is 11. The number of Topliss-reactive ketones (excluding diaryl/α,β-unsaturated/α-hetero) is 1. The van der Waals surface area contributed by atoms with E-state index in [0.717, 1.165) is 22.9 Å². The minimum atomic E-state index is -0.880. The zero-order chi connectivity index (χ0) is 30.8. The van der Waals surface area contributed by atoms with Crippen LogP contribution in [0.1, 0.15) is 84.6 Å². The largest absolute Gasteiger partial charge is 0.361 e. The van der Waals surface area contributed by atoms with Crippen LogP contribution in [0.2, 0.25) is 0 Å². The highest BCUT2D eigenvalue weighted by Gasteiger charge is 2.35. The van der Waals surface area contributed by atoms with Gasteiger partial charge in [0, 0.05) is 55.9 Å². The fraction of sp³-hybridized carbons (Fsp3) is 0.594. The van der Waals surface area contributed by atoms with Crippen LogP contribution in [0, 0.1) is 5.92 Å². The first-order valence-corrected chi connectivity index (χ1v) is 15.2. The van der Waals surface area contributed by atoms with Gasteiger partial charge < -0.3 is 25.8 Å². The van der Waals surface area contributed by atoms with Crippen molar-refractivity contribution in [2.24, 2.45) is 5.92 Å². The van der Waals surface area contributed by atoms with Crippen LogP contribution in [0.25, 0.3) is 10.9 Å². The number of aromatic nitrogens is 1. The minimum Gasteiger partial charge on any atom is -0.361 e. The number of carbonyl (C=O) groups excluding carboxylic acids is 5. The molecule has 0 bridgehead atoms. The number of amides is 4. The fourth-order valence-corrected chi connectivity index (χ4v) is 5.54. The van der Waals surface area contributed by atoms with Crippen LogP contribution in [-0.4, -0.2) is 70.5 Å². The van der Waals surface area contributed by atoms with Crippen LogP contribution < -0.4 is 16.0 Å². The van der Waals surface area contributed by atoms with Gasteiger partial charge in [-0.15, -0.1) is 0 Å². The lowest BCUT2D eigenvalue weighted by Crippen LogP contribution is -2.57. The number of aromatic amines is 1. The van der Waals surface area contributed by atoms with Crippen molar-refractivity contribution < 1.29 is 24.0 Å². The molecule has 1 aromatic heterocycles. The smallest absolute Gasteiger partial charge is 0.245 e. The summed E-state index contributed by atoms with van der Waals surface area (Å²) in [7, 11) is 1.60. The van der Waals surface area contributed by atoms with E-state index in [1.807, 2.05) is 51.2 Å². The second-order valence-electron chi connectivity index (χ2n) is 11.9. The highest BCUT2D eigenvalue weighted by Crippen LogP contribution is 2.22. The maximum absolute atomic E-state index is 14.0. The molecule has 10 heteroatoms. The Morgan fingerprint density at radius 2 is 1.74 bits per heavy atom. The number of likely N-dealkylation sites (N-methyl/N-ethyl adjacent to an activating group) is 1. The number of ketones is 1. The number of carbonyl (C=O) groups is 5. The molecule has 1 fully saturated rings. The number of fused-ring (bicyclic) bond motifs is 1. The van der Waals surface area contributed by atoms with E-state index >= 15 is 0 Å². The Bertz CT molecular complexity index is 1250. The van der Waals surface area contributed by atoms with Crippen LogP contribution in [-0.2, 0) is 30.4 Å². The number of hydrogen-bond acceptors (Lipinski definition) is 5. The number of H-pyrrole nitrogens is 1. The molecule has 3 rings (SSSR count). The van der Waals surface area contributed by atoms with E-state index in [9.17, 15) is 24.0 Å². The molecule has 4 N–H and O–H groups in total. The summed E-state index contributed by atoms with van der Waals surface area (Å²) in [5.74, 6) is -1.09. The molecule has 4 amide bonds. The maximum atomic E-state index is 14.0. The Morgan fingerprint density at radius 3 is 2.45 bits per heavy atom. The van der Waals surface area contributed by atoms with E-state index in [-0.39, 0.29) is 42.3 Å². The number of benzene rings is 1. The predicted octanol–water partition coefficient (Wildman–Crippen LogP) is 3.39. The van der Waals surface area contributed by atoms with Crippen molar-refractivity contribution >= 4 is 40.3 Å². The fourth-order valence-electron chi connectivity index (χ4n) is 5.54. The molecule has 0 aliphatic carbocycles. The summed E-state index contributed by atoms with van der Waals surface area (Å²) >= 11 is 0.